The molecule has 1 aromatic rings. The Labute approximate surface area is 154 Å². The summed E-state index contributed by atoms with van der Waals surface area (Å²) in [7, 11) is 0. The van der Waals surface area contributed by atoms with Gasteiger partial charge in [-0.2, -0.15) is 0 Å². The summed E-state index contributed by atoms with van der Waals surface area (Å²) < 4.78 is 5.36. The van der Waals surface area contributed by atoms with Crippen molar-refractivity contribution < 1.29 is 14.3 Å². The fraction of sp³-hybridized carbons (Fsp3) is 0.632. The van der Waals surface area contributed by atoms with Gasteiger partial charge in [0.25, 0.3) is 0 Å². The predicted octanol–water partition coefficient (Wildman–Crippen LogP) is 1.89. The van der Waals surface area contributed by atoms with Crippen LogP contribution in [0, 0.1) is 5.41 Å². The lowest BCUT2D eigenvalue weighted by Gasteiger charge is -2.30. The molecule has 2 fully saturated rings. The highest BCUT2D eigenvalue weighted by Crippen LogP contribution is 2.26. The third kappa shape index (κ3) is 4.15. The Balaban J connectivity index is 1.63. The number of hydrogen-bond acceptors (Lipinski definition) is 5. The molecule has 1 atom stereocenters. The lowest BCUT2D eigenvalue weighted by Crippen LogP contribution is -2.47. The molecule has 2 aliphatic heterocycles. The highest BCUT2D eigenvalue weighted by molar-refractivity contribution is 5.97. The molecule has 0 radical (unpaired) electrons. The summed E-state index contributed by atoms with van der Waals surface area (Å²) in [5, 5.41) is 2.86. The predicted molar refractivity (Wildman–Crippen MR) is 100 cm³/mol. The normalized spacial score (nSPS) is 21.0. The van der Waals surface area contributed by atoms with Gasteiger partial charge in [0.2, 0.25) is 11.8 Å². The largest absolute Gasteiger partial charge is 0.378 e. The lowest BCUT2D eigenvalue weighted by molar-refractivity contribution is -0.143. The van der Waals surface area contributed by atoms with E-state index in [0.717, 1.165) is 38.4 Å². The molecule has 0 aromatic carbocycles. The number of nitrogens with one attached hydrogen (secondary N) is 1. The van der Waals surface area contributed by atoms with Crippen molar-refractivity contribution in [2.24, 2.45) is 5.41 Å². The van der Waals surface area contributed by atoms with Crippen LogP contribution in [0.2, 0.25) is 0 Å². The molecule has 3 rings (SSSR count). The van der Waals surface area contributed by atoms with Crippen molar-refractivity contribution in [3.05, 3.63) is 18.3 Å². The Hall–Kier alpha value is -2.15. The number of hydrogen-bond donors (Lipinski definition) is 1. The van der Waals surface area contributed by atoms with Crippen LogP contribution >= 0.6 is 0 Å². The van der Waals surface area contributed by atoms with Crippen LogP contribution in [0.4, 0.5) is 11.5 Å². The highest BCUT2D eigenvalue weighted by atomic mass is 16.5. The van der Waals surface area contributed by atoms with Crippen LogP contribution in [0.15, 0.2) is 18.3 Å². The summed E-state index contributed by atoms with van der Waals surface area (Å²) in [6.07, 6.45) is 3.32. The number of nitrogens with zero attached hydrogens (tertiary/aromatic N) is 3. The molecule has 26 heavy (non-hydrogen) atoms. The molecule has 3 heterocycles. The Morgan fingerprint density at radius 1 is 1.19 bits per heavy atom. The Morgan fingerprint density at radius 2 is 1.92 bits per heavy atom. The van der Waals surface area contributed by atoms with E-state index in [1.165, 1.54) is 0 Å². The maximum absolute atomic E-state index is 12.7. The molecular weight excluding hydrogens is 332 g/mol. The minimum Gasteiger partial charge on any atom is -0.378 e. The van der Waals surface area contributed by atoms with Crippen LogP contribution in [-0.4, -0.2) is 60.6 Å². The lowest BCUT2D eigenvalue weighted by atomic mass is 9.94. The van der Waals surface area contributed by atoms with E-state index in [0.29, 0.717) is 18.8 Å². The number of morpholine rings is 1. The van der Waals surface area contributed by atoms with E-state index in [-0.39, 0.29) is 11.8 Å². The molecule has 2 saturated heterocycles. The van der Waals surface area contributed by atoms with Gasteiger partial charge in [-0.05, 0) is 25.0 Å². The van der Waals surface area contributed by atoms with E-state index in [1.807, 2.05) is 32.9 Å². The number of anilines is 2. The first kappa shape index (κ1) is 18.6. The first-order valence-corrected chi connectivity index (χ1v) is 9.27. The number of carbonyl (C=O) groups excluding carboxylic acids is 2. The fourth-order valence-electron chi connectivity index (χ4n) is 3.39. The standard InChI is InChI=1S/C19H28N4O3/c1-19(2,3)18(25)23-8-4-5-15(23)17(24)21-16-7-6-14(13-20-16)22-9-11-26-12-10-22/h6-7,13,15H,4-5,8-12H2,1-3H3,(H,20,21,24). The van der Waals surface area contributed by atoms with Gasteiger partial charge in [-0.25, -0.2) is 4.98 Å². The first-order chi connectivity index (χ1) is 12.4. The van der Waals surface area contributed by atoms with E-state index < -0.39 is 11.5 Å². The summed E-state index contributed by atoms with van der Waals surface area (Å²) in [5.74, 6) is 0.375. The Kier molecular flexibility index (Phi) is 5.46. The topological polar surface area (TPSA) is 74.8 Å². The van der Waals surface area contributed by atoms with Gasteiger partial charge in [-0.15, -0.1) is 0 Å². The van der Waals surface area contributed by atoms with Crippen LogP contribution in [0.25, 0.3) is 0 Å². The van der Waals surface area contributed by atoms with Crippen LogP contribution in [0.1, 0.15) is 33.6 Å². The summed E-state index contributed by atoms with van der Waals surface area (Å²) in [6, 6.07) is 3.36. The van der Waals surface area contributed by atoms with Crippen molar-refractivity contribution in [1.82, 2.24) is 9.88 Å². The molecule has 1 unspecified atom stereocenters. The van der Waals surface area contributed by atoms with Crippen molar-refractivity contribution in [2.75, 3.05) is 43.1 Å². The molecule has 7 heteroatoms. The quantitative estimate of drug-likeness (QED) is 0.891. The summed E-state index contributed by atoms with van der Waals surface area (Å²) in [5.41, 5.74) is 0.540. The minimum absolute atomic E-state index is 0.0192. The van der Waals surface area contributed by atoms with Crippen molar-refractivity contribution in [3.8, 4) is 0 Å². The molecule has 0 bridgehead atoms. The van der Waals surface area contributed by atoms with Gasteiger partial charge in [0.1, 0.15) is 11.9 Å². The van der Waals surface area contributed by atoms with Crippen molar-refractivity contribution in [3.63, 3.8) is 0 Å². The third-order valence-corrected chi connectivity index (χ3v) is 4.83. The van der Waals surface area contributed by atoms with Gasteiger partial charge in [0.05, 0.1) is 25.1 Å². The molecule has 2 aliphatic rings. The molecule has 0 saturated carbocycles. The van der Waals surface area contributed by atoms with E-state index in [4.69, 9.17) is 4.74 Å². The first-order valence-electron chi connectivity index (χ1n) is 9.27. The number of ether oxygens (including phenoxy) is 1. The number of likely N-dealkylation sites (tertiary alicyclic amines) is 1. The average Bonchev–Trinajstić information content (AvgIpc) is 3.11. The van der Waals surface area contributed by atoms with E-state index in [9.17, 15) is 9.59 Å². The van der Waals surface area contributed by atoms with Gasteiger partial charge in [0.15, 0.2) is 0 Å². The number of carbonyl (C=O) groups is 2. The number of pyridine rings is 1. The molecule has 142 valence electrons. The Bertz CT molecular complexity index is 648. The van der Waals surface area contributed by atoms with Crippen molar-refractivity contribution >= 4 is 23.3 Å². The summed E-state index contributed by atoms with van der Waals surface area (Å²) in [4.78, 5) is 33.5. The number of aromatic nitrogens is 1. The molecule has 7 nitrogen and oxygen atoms in total. The zero-order valence-electron chi connectivity index (χ0n) is 15.8. The van der Waals surface area contributed by atoms with E-state index in [1.54, 1.807) is 11.1 Å². The smallest absolute Gasteiger partial charge is 0.248 e. The maximum atomic E-state index is 12.7. The molecular formula is C19H28N4O3. The molecule has 2 amide bonds. The monoisotopic (exact) mass is 360 g/mol. The summed E-state index contributed by atoms with van der Waals surface area (Å²) >= 11 is 0. The Morgan fingerprint density at radius 3 is 2.54 bits per heavy atom. The van der Waals surface area contributed by atoms with Gasteiger partial charge in [0, 0.05) is 25.0 Å². The second-order valence-corrected chi connectivity index (χ2v) is 7.90. The van der Waals surface area contributed by atoms with Gasteiger partial charge in [-0.1, -0.05) is 20.8 Å². The zero-order valence-corrected chi connectivity index (χ0v) is 15.8. The maximum Gasteiger partial charge on any atom is 0.248 e. The van der Waals surface area contributed by atoms with Crippen LogP contribution < -0.4 is 10.2 Å². The fourth-order valence-corrected chi connectivity index (χ4v) is 3.39. The average molecular weight is 360 g/mol. The van der Waals surface area contributed by atoms with E-state index >= 15 is 0 Å². The molecule has 0 aliphatic carbocycles. The van der Waals surface area contributed by atoms with E-state index in [2.05, 4.69) is 15.2 Å². The second kappa shape index (κ2) is 7.61. The van der Waals surface area contributed by atoms with Crippen molar-refractivity contribution in [1.29, 1.82) is 0 Å². The number of amides is 2. The number of rotatable bonds is 3. The second-order valence-electron chi connectivity index (χ2n) is 7.90. The minimum atomic E-state index is -0.485. The molecule has 1 aromatic heterocycles. The van der Waals surface area contributed by atoms with Crippen LogP contribution in [0.5, 0.6) is 0 Å². The van der Waals surface area contributed by atoms with Gasteiger partial charge < -0.3 is 19.9 Å². The zero-order chi connectivity index (χ0) is 18.7. The van der Waals surface area contributed by atoms with Crippen molar-refractivity contribution in [2.45, 2.75) is 39.7 Å². The molecule has 1 N–H and O–H groups in total. The van der Waals surface area contributed by atoms with Crippen LogP contribution in [0.3, 0.4) is 0 Å². The SMILES string of the molecule is CC(C)(C)C(=O)N1CCCC1C(=O)Nc1ccc(N2CCOCC2)cn1. The van der Waals surface area contributed by atoms with Gasteiger partial charge in [-0.3, -0.25) is 9.59 Å². The highest BCUT2D eigenvalue weighted by Gasteiger charge is 2.38. The third-order valence-electron chi connectivity index (χ3n) is 4.83. The van der Waals surface area contributed by atoms with Gasteiger partial charge >= 0.3 is 0 Å². The summed E-state index contributed by atoms with van der Waals surface area (Å²) in [6.45, 7) is 9.42. The van der Waals surface area contributed by atoms with Crippen LogP contribution in [-0.2, 0) is 14.3 Å². The molecule has 0 spiro atoms.